The van der Waals surface area contributed by atoms with Crippen molar-refractivity contribution >= 4 is 24.4 Å². The summed E-state index contributed by atoms with van der Waals surface area (Å²) in [5, 5.41) is 2.76. The fourth-order valence-corrected chi connectivity index (χ4v) is 5.53. The Morgan fingerprint density at radius 3 is 2.12 bits per heavy atom. The van der Waals surface area contributed by atoms with E-state index in [1.165, 1.54) is 28.6 Å². The first-order chi connectivity index (χ1) is 12.5. The first kappa shape index (κ1) is 18.1. The van der Waals surface area contributed by atoms with Gasteiger partial charge in [0.1, 0.15) is 8.07 Å². The van der Waals surface area contributed by atoms with E-state index in [2.05, 4.69) is 73.8 Å². The lowest BCUT2D eigenvalue weighted by Crippen LogP contribution is -2.52. The van der Waals surface area contributed by atoms with Gasteiger partial charge in [0.05, 0.1) is 13.5 Å². The Balaban J connectivity index is 1.89. The smallest absolute Gasteiger partial charge is 0.309 e. The molecule has 2 nitrogen and oxygen atoms in total. The van der Waals surface area contributed by atoms with Crippen molar-refractivity contribution in [3.63, 3.8) is 0 Å². The molecule has 26 heavy (non-hydrogen) atoms. The summed E-state index contributed by atoms with van der Waals surface area (Å²) in [6.45, 7) is 4.73. The Hall–Kier alpha value is -2.65. The summed E-state index contributed by atoms with van der Waals surface area (Å²) in [5.74, 6) is -0.204. The number of methoxy groups -OCH3 is 1. The van der Waals surface area contributed by atoms with Gasteiger partial charge in [-0.25, -0.2) is 0 Å². The molecule has 0 saturated heterocycles. The van der Waals surface area contributed by atoms with E-state index in [4.69, 9.17) is 4.74 Å². The van der Waals surface area contributed by atoms with Crippen molar-refractivity contribution in [2.24, 2.45) is 0 Å². The maximum atomic E-state index is 11.4. The van der Waals surface area contributed by atoms with Crippen molar-refractivity contribution in [1.82, 2.24) is 0 Å². The molecule has 0 radical (unpaired) electrons. The number of carbonyl (C=O) groups excluding carboxylic acids is 1. The fraction of sp³-hybridized carbons (Fsp3) is 0.174. The minimum absolute atomic E-state index is 0.204. The Kier molecular flexibility index (Phi) is 5.38. The Morgan fingerprint density at radius 1 is 0.808 bits per heavy atom. The van der Waals surface area contributed by atoms with Gasteiger partial charge in [-0.3, -0.25) is 4.79 Å². The maximum Gasteiger partial charge on any atom is 0.309 e. The van der Waals surface area contributed by atoms with Crippen molar-refractivity contribution in [3.8, 4) is 11.1 Å². The number of rotatable bonds is 5. The van der Waals surface area contributed by atoms with E-state index in [9.17, 15) is 4.79 Å². The second-order valence-corrected chi connectivity index (χ2v) is 11.4. The van der Waals surface area contributed by atoms with E-state index in [1.54, 1.807) is 0 Å². The third-order valence-corrected chi connectivity index (χ3v) is 8.47. The third-order valence-electron chi connectivity index (χ3n) is 4.94. The van der Waals surface area contributed by atoms with Crippen LogP contribution in [0.1, 0.15) is 5.56 Å². The highest BCUT2D eigenvalue weighted by atomic mass is 28.3. The second kappa shape index (κ2) is 7.71. The lowest BCUT2D eigenvalue weighted by molar-refractivity contribution is -0.139. The van der Waals surface area contributed by atoms with Crippen LogP contribution < -0.4 is 10.4 Å². The maximum absolute atomic E-state index is 11.4. The number of carbonyl (C=O) groups is 1. The zero-order valence-corrected chi connectivity index (χ0v) is 16.5. The monoisotopic (exact) mass is 360 g/mol. The average molecular weight is 361 g/mol. The lowest BCUT2D eigenvalue weighted by atomic mass is 10.1. The summed E-state index contributed by atoms with van der Waals surface area (Å²) < 4.78 is 4.75. The molecule has 0 aromatic heterocycles. The summed E-state index contributed by atoms with van der Waals surface area (Å²) >= 11 is 0. The molecular weight excluding hydrogens is 336 g/mol. The van der Waals surface area contributed by atoms with Crippen LogP contribution in [0.4, 0.5) is 0 Å². The standard InChI is InChI=1S/C23H24O2Si/c1-25-23(24)16-18-12-14-21(15-13-18)26(2,3)22-11-7-10-20(17-22)19-8-5-4-6-9-19/h4-15,17H,16H2,1-3H3. The quantitative estimate of drug-likeness (QED) is 0.510. The van der Waals surface area contributed by atoms with Gasteiger partial charge in [0.2, 0.25) is 0 Å². The van der Waals surface area contributed by atoms with Gasteiger partial charge in [-0.1, -0.05) is 102 Å². The molecule has 0 aliphatic heterocycles. The molecule has 132 valence electrons. The molecule has 0 aliphatic rings. The Bertz CT molecular complexity index is 884. The van der Waals surface area contributed by atoms with E-state index in [-0.39, 0.29) is 5.97 Å². The average Bonchev–Trinajstić information content (AvgIpc) is 2.69. The van der Waals surface area contributed by atoms with Gasteiger partial charge < -0.3 is 4.74 Å². The summed E-state index contributed by atoms with van der Waals surface area (Å²) in [6.07, 6.45) is 0.322. The summed E-state index contributed by atoms with van der Waals surface area (Å²) in [6, 6.07) is 27.8. The molecule has 0 fully saturated rings. The molecule has 0 aliphatic carbocycles. The van der Waals surface area contributed by atoms with Crippen LogP contribution in [0.2, 0.25) is 13.1 Å². The number of benzene rings is 3. The highest BCUT2D eigenvalue weighted by Crippen LogP contribution is 2.19. The van der Waals surface area contributed by atoms with Crippen LogP contribution in [0.15, 0.2) is 78.9 Å². The van der Waals surface area contributed by atoms with E-state index in [0.717, 1.165) is 5.56 Å². The molecule has 3 rings (SSSR count). The number of hydrogen-bond acceptors (Lipinski definition) is 2. The van der Waals surface area contributed by atoms with E-state index < -0.39 is 8.07 Å². The summed E-state index contributed by atoms with van der Waals surface area (Å²) in [7, 11) is -0.384. The fourth-order valence-electron chi connectivity index (χ4n) is 3.16. The highest BCUT2D eigenvalue weighted by molar-refractivity contribution is 7.00. The number of esters is 1. The first-order valence-corrected chi connectivity index (χ1v) is 11.8. The normalized spacial score (nSPS) is 11.2. The van der Waals surface area contributed by atoms with Gasteiger partial charge in [0.15, 0.2) is 0 Å². The van der Waals surface area contributed by atoms with Crippen molar-refractivity contribution < 1.29 is 9.53 Å². The van der Waals surface area contributed by atoms with Gasteiger partial charge in [0.25, 0.3) is 0 Å². The predicted molar refractivity (Wildman–Crippen MR) is 111 cm³/mol. The molecule has 0 heterocycles. The third kappa shape index (κ3) is 3.94. The summed E-state index contributed by atoms with van der Waals surface area (Å²) in [5.41, 5.74) is 3.49. The van der Waals surface area contributed by atoms with Gasteiger partial charge in [0, 0.05) is 0 Å². The SMILES string of the molecule is COC(=O)Cc1ccc([Si](C)(C)c2cccc(-c3ccccc3)c2)cc1. The number of ether oxygens (including phenoxy) is 1. The van der Waals surface area contributed by atoms with Crippen molar-refractivity contribution in [3.05, 3.63) is 84.4 Å². The van der Waals surface area contributed by atoms with Crippen LogP contribution in [0.25, 0.3) is 11.1 Å². The number of hydrogen-bond donors (Lipinski definition) is 0. The van der Waals surface area contributed by atoms with Crippen LogP contribution in [0.3, 0.4) is 0 Å². The minimum atomic E-state index is -1.81. The minimum Gasteiger partial charge on any atom is -0.469 e. The molecule has 3 aromatic carbocycles. The van der Waals surface area contributed by atoms with Crippen molar-refractivity contribution in [1.29, 1.82) is 0 Å². The van der Waals surface area contributed by atoms with Crippen LogP contribution in [0.5, 0.6) is 0 Å². The molecular formula is C23H24O2Si. The molecule has 0 spiro atoms. The molecule has 3 heteroatoms. The van der Waals surface area contributed by atoms with Crippen molar-refractivity contribution in [2.75, 3.05) is 7.11 Å². The van der Waals surface area contributed by atoms with E-state index >= 15 is 0 Å². The van der Waals surface area contributed by atoms with Crippen molar-refractivity contribution in [2.45, 2.75) is 19.5 Å². The van der Waals surface area contributed by atoms with Gasteiger partial charge >= 0.3 is 5.97 Å². The predicted octanol–water partition coefficient (Wildman–Crippen LogP) is 3.89. The van der Waals surface area contributed by atoms with Crippen LogP contribution in [-0.4, -0.2) is 21.2 Å². The summed E-state index contributed by atoms with van der Waals surface area (Å²) in [4.78, 5) is 11.4. The molecule has 0 bridgehead atoms. The molecule has 0 amide bonds. The zero-order valence-electron chi connectivity index (χ0n) is 15.5. The highest BCUT2D eigenvalue weighted by Gasteiger charge is 2.26. The topological polar surface area (TPSA) is 26.3 Å². The molecule has 0 unspecified atom stereocenters. The van der Waals surface area contributed by atoms with Crippen LogP contribution in [0, 0.1) is 0 Å². The van der Waals surface area contributed by atoms with Gasteiger partial charge in [-0.2, -0.15) is 0 Å². The Morgan fingerprint density at radius 2 is 1.46 bits per heavy atom. The first-order valence-electron chi connectivity index (χ1n) is 8.83. The molecule has 0 saturated carbocycles. The van der Waals surface area contributed by atoms with E-state index in [1.807, 2.05) is 18.2 Å². The molecule has 0 N–H and O–H groups in total. The lowest BCUT2D eigenvalue weighted by Gasteiger charge is -2.24. The second-order valence-electron chi connectivity index (χ2n) is 7.02. The molecule has 0 atom stereocenters. The van der Waals surface area contributed by atoms with E-state index in [0.29, 0.717) is 6.42 Å². The van der Waals surface area contributed by atoms with Crippen LogP contribution in [-0.2, 0) is 16.0 Å². The van der Waals surface area contributed by atoms with Crippen LogP contribution >= 0.6 is 0 Å². The van der Waals surface area contributed by atoms with Gasteiger partial charge in [-0.15, -0.1) is 0 Å². The Labute approximate surface area is 156 Å². The largest absolute Gasteiger partial charge is 0.469 e. The molecule has 3 aromatic rings. The van der Waals surface area contributed by atoms with Gasteiger partial charge in [-0.05, 0) is 16.7 Å². The zero-order chi connectivity index (χ0) is 18.6.